The highest BCUT2D eigenvalue weighted by molar-refractivity contribution is 7.12. The molecule has 1 rings (SSSR count). The number of rotatable bonds is 4. The molecule has 1 unspecified atom stereocenters. The monoisotopic (exact) mass is 255 g/mol. The maximum atomic E-state index is 11.5. The van der Waals surface area contributed by atoms with Crippen LogP contribution < -0.4 is 11.1 Å². The molecule has 6 heteroatoms. The van der Waals surface area contributed by atoms with Crippen LogP contribution >= 0.6 is 11.3 Å². The molecule has 1 amide bonds. The molecule has 5 nitrogen and oxygen atoms in total. The summed E-state index contributed by atoms with van der Waals surface area (Å²) in [4.78, 5) is 13.9. The number of carbonyl (C=O) groups is 1. The van der Waals surface area contributed by atoms with Crippen molar-refractivity contribution in [3.05, 3.63) is 21.4 Å². The summed E-state index contributed by atoms with van der Waals surface area (Å²) in [6.07, 6.45) is -0.0942. The van der Waals surface area contributed by atoms with Crippen molar-refractivity contribution in [3.8, 4) is 0 Å². The van der Waals surface area contributed by atoms with Gasteiger partial charge in [0.1, 0.15) is 5.84 Å². The van der Waals surface area contributed by atoms with Gasteiger partial charge in [-0.25, -0.2) is 0 Å². The van der Waals surface area contributed by atoms with Crippen LogP contribution in [0.5, 0.6) is 0 Å². The second-order valence-corrected chi connectivity index (χ2v) is 5.39. The average Bonchev–Trinajstić information content (AvgIpc) is 2.57. The number of aryl methyl sites for hydroxylation is 2. The summed E-state index contributed by atoms with van der Waals surface area (Å²) in [5.41, 5.74) is 6.37. The number of carbonyl (C=O) groups excluding carboxylic acids is 1. The number of hydrogen-bond donors (Lipinski definition) is 3. The fourth-order valence-corrected chi connectivity index (χ4v) is 2.67. The average molecular weight is 255 g/mol. The summed E-state index contributed by atoms with van der Waals surface area (Å²) in [5.74, 6) is -0.344. The molecule has 0 saturated carbocycles. The smallest absolute Gasteiger partial charge is 0.228 e. The number of thiophene rings is 1. The number of nitrogens with two attached hydrogens (primary N) is 1. The Kier molecular flexibility index (Phi) is 4.51. The van der Waals surface area contributed by atoms with E-state index in [1.165, 1.54) is 9.75 Å². The zero-order valence-corrected chi connectivity index (χ0v) is 11.0. The van der Waals surface area contributed by atoms with Crippen LogP contribution in [0.1, 0.15) is 34.7 Å². The molecule has 0 spiro atoms. The van der Waals surface area contributed by atoms with Gasteiger partial charge in [0.2, 0.25) is 5.91 Å². The van der Waals surface area contributed by atoms with Gasteiger partial charge in [0, 0.05) is 9.75 Å². The molecule has 0 aliphatic heterocycles. The zero-order valence-electron chi connectivity index (χ0n) is 10.2. The summed E-state index contributed by atoms with van der Waals surface area (Å²) >= 11 is 1.70. The molecule has 0 radical (unpaired) electrons. The van der Waals surface area contributed by atoms with E-state index in [4.69, 9.17) is 10.9 Å². The first-order chi connectivity index (χ1) is 7.93. The van der Waals surface area contributed by atoms with E-state index < -0.39 is 0 Å². The summed E-state index contributed by atoms with van der Waals surface area (Å²) in [6.45, 7) is 5.98. The van der Waals surface area contributed by atoms with Crippen molar-refractivity contribution in [2.24, 2.45) is 10.9 Å². The second kappa shape index (κ2) is 5.67. The van der Waals surface area contributed by atoms with Crippen LogP contribution in [0, 0.1) is 13.8 Å². The van der Waals surface area contributed by atoms with Gasteiger partial charge in [0.05, 0.1) is 12.5 Å². The molecule has 1 aromatic rings. The van der Waals surface area contributed by atoms with Gasteiger partial charge in [-0.2, -0.15) is 0 Å². The molecule has 4 N–H and O–H groups in total. The summed E-state index contributed by atoms with van der Waals surface area (Å²) in [5, 5.41) is 13.9. The lowest BCUT2D eigenvalue weighted by Gasteiger charge is -2.13. The number of amidine groups is 1. The van der Waals surface area contributed by atoms with Gasteiger partial charge < -0.3 is 16.3 Å². The van der Waals surface area contributed by atoms with E-state index in [0.29, 0.717) is 0 Å². The Balaban J connectivity index is 2.63. The third kappa shape index (κ3) is 3.74. The van der Waals surface area contributed by atoms with E-state index in [9.17, 15) is 4.79 Å². The Morgan fingerprint density at radius 2 is 2.29 bits per heavy atom. The third-order valence-corrected chi connectivity index (χ3v) is 3.38. The highest BCUT2D eigenvalue weighted by Crippen LogP contribution is 2.25. The molecule has 0 bridgehead atoms. The van der Waals surface area contributed by atoms with Gasteiger partial charge in [-0.15, -0.1) is 11.3 Å². The lowest BCUT2D eigenvalue weighted by molar-refractivity contribution is -0.120. The molecule has 1 atom stereocenters. The van der Waals surface area contributed by atoms with Crippen molar-refractivity contribution in [1.29, 1.82) is 0 Å². The maximum absolute atomic E-state index is 11.5. The highest BCUT2D eigenvalue weighted by Gasteiger charge is 2.14. The zero-order chi connectivity index (χ0) is 13.0. The first-order valence-corrected chi connectivity index (χ1v) is 6.08. The van der Waals surface area contributed by atoms with E-state index >= 15 is 0 Å². The van der Waals surface area contributed by atoms with Crippen molar-refractivity contribution in [3.63, 3.8) is 0 Å². The van der Waals surface area contributed by atoms with Gasteiger partial charge in [0.25, 0.3) is 0 Å². The Morgan fingerprint density at radius 1 is 1.65 bits per heavy atom. The van der Waals surface area contributed by atoms with Crippen LogP contribution in [0.2, 0.25) is 0 Å². The van der Waals surface area contributed by atoms with Crippen LogP contribution in [0.25, 0.3) is 0 Å². The fourth-order valence-electron chi connectivity index (χ4n) is 1.65. The van der Waals surface area contributed by atoms with Crippen molar-refractivity contribution in [2.45, 2.75) is 33.2 Å². The summed E-state index contributed by atoms with van der Waals surface area (Å²) in [7, 11) is 0. The molecule has 0 fully saturated rings. The fraction of sp³-hybridized carbons (Fsp3) is 0.455. The number of nitrogens with zero attached hydrogens (tertiary/aromatic N) is 1. The van der Waals surface area contributed by atoms with E-state index in [2.05, 4.69) is 16.5 Å². The standard InChI is InChI=1S/C11H17N3O2S/c1-6-4-9(8(3)17-6)7(2)13-11(15)5-10(12)14-16/h4,7,16H,5H2,1-3H3,(H2,12,14)(H,13,15). The van der Waals surface area contributed by atoms with E-state index in [1.807, 2.05) is 20.8 Å². The first-order valence-electron chi connectivity index (χ1n) is 5.26. The Hall–Kier alpha value is -1.56. The molecule has 0 aliphatic carbocycles. The van der Waals surface area contributed by atoms with Crippen molar-refractivity contribution < 1.29 is 10.0 Å². The normalized spacial score (nSPS) is 13.5. The van der Waals surface area contributed by atoms with Gasteiger partial charge in [-0.3, -0.25) is 4.79 Å². The Morgan fingerprint density at radius 3 is 2.76 bits per heavy atom. The quantitative estimate of drug-likeness (QED) is 0.331. The largest absolute Gasteiger partial charge is 0.409 e. The number of amides is 1. The molecule has 0 aliphatic rings. The summed E-state index contributed by atoms with van der Waals surface area (Å²) in [6, 6.07) is 1.99. The van der Waals surface area contributed by atoms with Crippen LogP contribution in [0.4, 0.5) is 0 Å². The van der Waals surface area contributed by atoms with Gasteiger partial charge >= 0.3 is 0 Å². The molecule has 1 aromatic heterocycles. The minimum absolute atomic E-state index is 0.0704. The molecule has 0 aromatic carbocycles. The van der Waals surface area contributed by atoms with Crippen LogP contribution in [0.3, 0.4) is 0 Å². The second-order valence-electron chi connectivity index (χ2n) is 3.93. The van der Waals surface area contributed by atoms with Gasteiger partial charge in [0.15, 0.2) is 0 Å². The maximum Gasteiger partial charge on any atom is 0.228 e. The minimum Gasteiger partial charge on any atom is -0.409 e. The predicted molar refractivity (Wildman–Crippen MR) is 68.4 cm³/mol. The topological polar surface area (TPSA) is 87.7 Å². The van der Waals surface area contributed by atoms with Gasteiger partial charge in [-0.1, -0.05) is 5.16 Å². The number of nitrogens with one attached hydrogen (secondary N) is 1. The molecule has 0 saturated heterocycles. The summed E-state index contributed by atoms with van der Waals surface area (Å²) < 4.78 is 0. The predicted octanol–water partition coefficient (Wildman–Crippen LogP) is 1.68. The van der Waals surface area contributed by atoms with Crippen molar-refractivity contribution in [2.75, 3.05) is 0 Å². The number of oxime groups is 1. The molecule has 94 valence electrons. The van der Waals surface area contributed by atoms with Crippen LogP contribution in [-0.2, 0) is 4.79 Å². The minimum atomic E-state index is -0.254. The van der Waals surface area contributed by atoms with Crippen LogP contribution in [-0.4, -0.2) is 17.0 Å². The van der Waals surface area contributed by atoms with E-state index in [0.717, 1.165) is 5.56 Å². The molecule has 1 heterocycles. The third-order valence-electron chi connectivity index (χ3n) is 2.39. The van der Waals surface area contributed by atoms with Crippen LogP contribution in [0.15, 0.2) is 11.2 Å². The van der Waals surface area contributed by atoms with Crippen molar-refractivity contribution in [1.82, 2.24) is 5.32 Å². The molecule has 17 heavy (non-hydrogen) atoms. The van der Waals surface area contributed by atoms with Crippen molar-refractivity contribution >= 4 is 23.1 Å². The molecular weight excluding hydrogens is 238 g/mol. The Labute approximate surface area is 104 Å². The SMILES string of the molecule is Cc1cc(C(C)NC(=O)CC(N)=NO)c(C)s1. The Bertz CT molecular complexity index is 440. The van der Waals surface area contributed by atoms with E-state index in [-0.39, 0.29) is 24.2 Å². The van der Waals surface area contributed by atoms with Gasteiger partial charge in [-0.05, 0) is 32.4 Å². The highest BCUT2D eigenvalue weighted by atomic mass is 32.1. The first kappa shape index (κ1) is 13.5. The molecular formula is C11H17N3O2S. The lowest BCUT2D eigenvalue weighted by atomic mass is 10.1. The van der Waals surface area contributed by atoms with E-state index in [1.54, 1.807) is 11.3 Å². The lowest BCUT2D eigenvalue weighted by Crippen LogP contribution is -2.30. The number of hydrogen-bond acceptors (Lipinski definition) is 4.